The Kier molecular flexibility index (Phi) is 10.4. The van der Waals surface area contributed by atoms with E-state index >= 15 is 0 Å². The van der Waals surface area contributed by atoms with Crippen LogP contribution in [0.25, 0.3) is 5.65 Å². The zero-order valence-electron chi connectivity index (χ0n) is 16.4. The fraction of sp³-hybridized carbons (Fsp3) is 0.556. The normalized spacial score (nSPS) is 11.0. The minimum absolute atomic E-state index is 0.221. The third kappa shape index (κ3) is 10.2. The van der Waals surface area contributed by atoms with Gasteiger partial charge < -0.3 is 14.5 Å². The number of hydrogen-bond donors (Lipinski definition) is 1. The Morgan fingerprint density at radius 1 is 1.30 bits per heavy atom. The van der Waals surface area contributed by atoms with Gasteiger partial charge in [0.15, 0.2) is 11.4 Å². The van der Waals surface area contributed by atoms with Gasteiger partial charge in [0.1, 0.15) is 5.60 Å². The maximum absolute atomic E-state index is 11.2. The summed E-state index contributed by atoms with van der Waals surface area (Å²) in [7, 11) is 0. The van der Waals surface area contributed by atoms with Crippen molar-refractivity contribution in [2.45, 2.75) is 59.7 Å². The van der Waals surface area contributed by atoms with E-state index in [2.05, 4.69) is 20.9 Å². The lowest BCUT2D eigenvalue weighted by molar-refractivity contribution is -0.134. The molecule has 2 rings (SSSR count). The number of carbonyl (C=O) groups is 1. The maximum atomic E-state index is 11.2. The van der Waals surface area contributed by atoms with E-state index in [0.717, 1.165) is 21.6 Å². The highest BCUT2D eigenvalue weighted by Gasteiger charge is 2.25. The zero-order valence-corrected chi connectivity index (χ0v) is 18.0. The number of alkyl halides is 3. The van der Waals surface area contributed by atoms with Crippen LogP contribution < -0.4 is 10.1 Å². The van der Waals surface area contributed by atoms with Gasteiger partial charge in [0.05, 0.1) is 6.42 Å². The molecule has 0 radical (unpaired) electrons. The summed E-state index contributed by atoms with van der Waals surface area (Å²) in [4.78, 5) is 13.8. The second-order valence-corrected chi connectivity index (χ2v) is 7.18. The van der Waals surface area contributed by atoms with Gasteiger partial charge in [-0.1, -0.05) is 13.8 Å². The Hall–Kier alpha value is -1.77. The first kappa shape index (κ1) is 25.2. The van der Waals surface area contributed by atoms with Crippen LogP contribution in [0.4, 0.5) is 13.2 Å². The largest absolute Gasteiger partial charge is 0.484 e. The van der Waals surface area contributed by atoms with Crippen LogP contribution in [-0.2, 0) is 4.79 Å². The van der Waals surface area contributed by atoms with Gasteiger partial charge in [-0.2, -0.15) is 13.2 Å². The van der Waals surface area contributed by atoms with Crippen molar-refractivity contribution in [2.75, 3.05) is 6.54 Å². The minimum atomic E-state index is -4.17. The molecule has 9 heteroatoms. The molecule has 0 aliphatic carbocycles. The van der Waals surface area contributed by atoms with E-state index in [1.807, 2.05) is 69.7 Å². The van der Waals surface area contributed by atoms with Crippen molar-refractivity contribution in [3.8, 4) is 5.75 Å². The predicted molar refractivity (Wildman–Crippen MR) is 104 cm³/mol. The van der Waals surface area contributed by atoms with E-state index in [1.165, 1.54) is 0 Å². The molecule has 27 heavy (non-hydrogen) atoms. The van der Waals surface area contributed by atoms with E-state index in [4.69, 9.17) is 4.74 Å². The van der Waals surface area contributed by atoms with Crippen molar-refractivity contribution in [3.63, 3.8) is 0 Å². The molecule has 1 amide bonds. The number of aryl methyl sites for hydroxylation is 1. The summed E-state index contributed by atoms with van der Waals surface area (Å²) in [6.45, 7) is 11.8. The van der Waals surface area contributed by atoms with E-state index in [-0.39, 0.29) is 18.6 Å². The molecule has 0 fully saturated rings. The highest BCUT2D eigenvalue weighted by Crippen LogP contribution is 2.27. The minimum Gasteiger partial charge on any atom is -0.484 e. The molecule has 0 aliphatic heterocycles. The zero-order chi connectivity index (χ0) is 21.3. The molecule has 2 heterocycles. The van der Waals surface area contributed by atoms with Crippen molar-refractivity contribution in [2.24, 2.45) is 0 Å². The highest BCUT2D eigenvalue weighted by atomic mass is 79.9. The second kappa shape index (κ2) is 11.2. The van der Waals surface area contributed by atoms with E-state index in [1.54, 1.807) is 0 Å². The van der Waals surface area contributed by atoms with Crippen molar-refractivity contribution < 1.29 is 22.7 Å². The van der Waals surface area contributed by atoms with Gasteiger partial charge >= 0.3 is 6.18 Å². The Balaban J connectivity index is 0.000000528. The molecule has 0 atom stereocenters. The number of aromatic nitrogens is 2. The number of hydrogen-bond acceptors (Lipinski definition) is 3. The quantitative estimate of drug-likeness (QED) is 0.505. The Morgan fingerprint density at radius 3 is 2.37 bits per heavy atom. The Morgan fingerprint density at radius 2 is 1.89 bits per heavy atom. The van der Waals surface area contributed by atoms with Crippen molar-refractivity contribution in [1.29, 1.82) is 0 Å². The van der Waals surface area contributed by atoms with E-state index < -0.39 is 12.6 Å². The Bertz CT molecular complexity index is 710. The topological polar surface area (TPSA) is 55.6 Å². The molecule has 2 aromatic heterocycles. The maximum Gasteiger partial charge on any atom is 0.390 e. The third-order valence-electron chi connectivity index (χ3n) is 2.78. The van der Waals surface area contributed by atoms with Crippen LogP contribution in [0.3, 0.4) is 0 Å². The molecular formula is C18H27BrF3N3O2. The number of pyridine rings is 1. The molecule has 0 bridgehead atoms. The van der Waals surface area contributed by atoms with E-state index in [0.29, 0.717) is 0 Å². The average Bonchev–Trinajstić information content (AvgIpc) is 2.89. The summed E-state index contributed by atoms with van der Waals surface area (Å²) in [6.07, 6.45) is -1.06. The van der Waals surface area contributed by atoms with Crippen LogP contribution in [0.15, 0.2) is 22.9 Å². The number of nitrogens with one attached hydrogen (secondary N) is 1. The smallest absolute Gasteiger partial charge is 0.390 e. The van der Waals surface area contributed by atoms with Gasteiger partial charge in [-0.3, -0.25) is 4.79 Å². The standard InChI is InChI=1S/C12H15BrN2O.C4H6F3NO.C2H6/c1-8-6-14-11-10(16-12(2,3)4)5-9(13)7-15(8)11;5-4(6,7)1-2-8-3-9;1-2/h5-7H,1-4H3;3H,1-2H2,(H,8,9);1-2H3. The summed E-state index contributed by atoms with van der Waals surface area (Å²) < 4.78 is 42.6. The molecule has 0 saturated heterocycles. The van der Waals surface area contributed by atoms with Gasteiger partial charge in [0.2, 0.25) is 6.41 Å². The lowest BCUT2D eigenvalue weighted by Gasteiger charge is -2.21. The molecule has 154 valence electrons. The van der Waals surface area contributed by atoms with Gasteiger partial charge in [-0.25, -0.2) is 4.98 Å². The number of halogens is 4. The fourth-order valence-electron chi connectivity index (χ4n) is 1.82. The van der Waals surface area contributed by atoms with Crippen molar-refractivity contribution >= 4 is 28.0 Å². The number of ether oxygens (including phenoxy) is 1. The number of nitrogens with zero attached hydrogens (tertiary/aromatic N) is 2. The van der Waals surface area contributed by atoms with Gasteiger partial charge in [-0.15, -0.1) is 0 Å². The van der Waals surface area contributed by atoms with Crippen LogP contribution in [0.2, 0.25) is 0 Å². The van der Waals surface area contributed by atoms with Crippen molar-refractivity contribution in [3.05, 3.63) is 28.6 Å². The molecule has 0 unspecified atom stereocenters. The van der Waals surface area contributed by atoms with Crippen LogP contribution >= 0.6 is 15.9 Å². The first-order valence-corrected chi connectivity index (χ1v) is 9.28. The summed E-state index contributed by atoms with van der Waals surface area (Å²) in [5.41, 5.74) is 1.73. The lowest BCUT2D eigenvalue weighted by Crippen LogP contribution is -2.23. The van der Waals surface area contributed by atoms with Crippen LogP contribution in [0.5, 0.6) is 5.75 Å². The van der Waals surface area contributed by atoms with Crippen LogP contribution in [0, 0.1) is 6.92 Å². The number of amides is 1. The summed E-state index contributed by atoms with van der Waals surface area (Å²) in [6, 6.07) is 1.95. The molecule has 5 nitrogen and oxygen atoms in total. The molecule has 0 aromatic carbocycles. The molecule has 0 saturated carbocycles. The van der Waals surface area contributed by atoms with Crippen LogP contribution in [-0.4, -0.2) is 34.1 Å². The van der Waals surface area contributed by atoms with E-state index in [9.17, 15) is 18.0 Å². The van der Waals surface area contributed by atoms with Gasteiger partial charge in [0, 0.05) is 29.1 Å². The van der Waals surface area contributed by atoms with Gasteiger partial charge in [0.25, 0.3) is 0 Å². The highest BCUT2D eigenvalue weighted by molar-refractivity contribution is 9.10. The third-order valence-corrected chi connectivity index (χ3v) is 3.21. The molecule has 0 aliphatic rings. The monoisotopic (exact) mass is 453 g/mol. The number of rotatable bonds is 4. The molecular weight excluding hydrogens is 427 g/mol. The molecule has 0 spiro atoms. The fourth-order valence-corrected chi connectivity index (χ4v) is 2.23. The average molecular weight is 454 g/mol. The molecule has 2 aromatic rings. The number of carbonyl (C=O) groups excluding carboxylic acids is 1. The summed E-state index contributed by atoms with van der Waals surface area (Å²) in [5.74, 6) is 0.801. The summed E-state index contributed by atoms with van der Waals surface area (Å²) >= 11 is 3.48. The Labute approximate surface area is 166 Å². The number of fused-ring (bicyclic) bond motifs is 1. The first-order chi connectivity index (χ1) is 12.4. The first-order valence-electron chi connectivity index (χ1n) is 8.49. The SMILES string of the molecule is CC.Cc1cnc2c(OC(C)(C)C)cc(Br)cn12.O=CNCCC(F)(F)F. The lowest BCUT2D eigenvalue weighted by atomic mass is 10.2. The second-order valence-electron chi connectivity index (χ2n) is 6.27. The predicted octanol–water partition coefficient (Wildman–Crippen LogP) is 5.29. The van der Waals surface area contributed by atoms with Gasteiger partial charge in [-0.05, 0) is 49.7 Å². The molecule has 1 N–H and O–H groups in total. The summed E-state index contributed by atoms with van der Waals surface area (Å²) in [5, 5.41) is 1.90. The van der Waals surface area contributed by atoms with Crippen molar-refractivity contribution in [1.82, 2.24) is 14.7 Å². The van der Waals surface area contributed by atoms with Crippen LogP contribution in [0.1, 0.15) is 46.7 Å². The number of imidazole rings is 1.